The van der Waals surface area contributed by atoms with Gasteiger partial charge in [0.2, 0.25) is 5.91 Å². The summed E-state index contributed by atoms with van der Waals surface area (Å²) in [6, 6.07) is 5.70. The summed E-state index contributed by atoms with van der Waals surface area (Å²) in [5.41, 5.74) is 0. The van der Waals surface area contributed by atoms with Gasteiger partial charge in [-0.25, -0.2) is 0 Å². The number of nitrogens with zero attached hydrogens (tertiary/aromatic N) is 2. The van der Waals surface area contributed by atoms with Crippen molar-refractivity contribution in [2.45, 2.75) is 37.8 Å². The molecule has 0 bridgehead atoms. The van der Waals surface area contributed by atoms with E-state index >= 15 is 0 Å². The molecule has 8 heteroatoms. The lowest BCUT2D eigenvalue weighted by Crippen LogP contribution is -2.52. The van der Waals surface area contributed by atoms with Crippen LogP contribution in [0, 0.1) is 0 Å². The largest absolute Gasteiger partial charge is 0.497 e. The number of piperazine rings is 1. The standard InChI is InChI=1S/C22H35N3O5/c1-28-19-7-8-20(29-2)21(13-19)30-16-18(26)14-24-9-11-25(12-10-24)15-22(27)23-17-5-3-4-6-17/h7-8,13,17-18,26H,3-6,9-12,14-16H2,1-2H3,(H,23,27). The van der Waals surface area contributed by atoms with Gasteiger partial charge in [0, 0.05) is 44.8 Å². The van der Waals surface area contributed by atoms with E-state index in [9.17, 15) is 9.90 Å². The number of carbonyl (C=O) groups excluding carboxylic acids is 1. The third-order valence-electron chi connectivity index (χ3n) is 5.82. The molecule has 1 saturated carbocycles. The Hall–Kier alpha value is -2.03. The van der Waals surface area contributed by atoms with E-state index in [0.717, 1.165) is 39.0 Å². The van der Waals surface area contributed by atoms with Crippen LogP contribution in [0.25, 0.3) is 0 Å². The second-order valence-corrected chi connectivity index (χ2v) is 8.11. The van der Waals surface area contributed by atoms with Crippen molar-refractivity contribution >= 4 is 5.91 Å². The Morgan fingerprint density at radius 3 is 2.47 bits per heavy atom. The van der Waals surface area contributed by atoms with Gasteiger partial charge in [-0.05, 0) is 25.0 Å². The summed E-state index contributed by atoms with van der Waals surface area (Å²) in [6.45, 7) is 4.49. The van der Waals surface area contributed by atoms with Crippen molar-refractivity contribution in [1.82, 2.24) is 15.1 Å². The molecule has 1 atom stereocenters. The van der Waals surface area contributed by atoms with E-state index in [1.165, 1.54) is 12.8 Å². The van der Waals surface area contributed by atoms with Crippen molar-refractivity contribution in [3.05, 3.63) is 18.2 Å². The number of aliphatic hydroxyl groups excluding tert-OH is 1. The highest BCUT2D eigenvalue weighted by Crippen LogP contribution is 2.31. The Balaban J connectivity index is 1.36. The summed E-state index contributed by atoms with van der Waals surface area (Å²) in [5.74, 6) is 1.96. The van der Waals surface area contributed by atoms with Crippen LogP contribution < -0.4 is 19.5 Å². The van der Waals surface area contributed by atoms with Gasteiger partial charge in [0.1, 0.15) is 18.5 Å². The summed E-state index contributed by atoms with van der Waals surface area (Å²) < 4.78 is 16.3. The first kappa shape index (κ1) is 22.7. The van der Waals surface area contributed by atoms with E-state index in [1.54, 1.807) is 32.4 Å². The zero-order valence-corrected chi connectivity index (χ0v) is 18.1. The molecule has 3 rings (SSSR count). The fourth-order valence-corrected chi connectivity index (χ4v) is 4.11. The molecule has 1 aromatic rings. The van der Waals surface area contributed by atoms with Crippen LogP contribution in [0.4, 0.5) is 0 Å². The van der Waals surface area contributed by atoms with Gasteiger partial charge in [-0.2, -0.15) is 0 Å². The minimum Gasteiger partial charge on any atom is -0.497 e. The van der Waals surface area contributed by atoms with E-state index in [-0.39, 0.29) is 12.5 Å². The molecule has 30 heavy (non-hydrogen) atoms. The van der Waals surface area contributed by atoms with Gasteiger partial charge in [0.25, 0.3) is 0 Å². The SMILES string of the molecule is COc1ccc(OC)c(OCC(O)CN2CCN(CC(=O)NC3CCCC3)CC2)c1. The van der Waals surface area contributed by atoms with Gasteiger partial charge < -0.3 is 24.6 Å². The van der Waals surface area contributed by atoms with Crippen molar-refractivity contribution in [2.24, 2.45) is 0 Å². The van der Waals surface area contributed by atoms with Crippen LogP contribution in [0.5, 0.6) is 17.2 Å². The Morgan fingerprint density at radius 1 is 1.10 bits per heavy atom. The van der Waals surface area contributed by atoms with Crippen LogP contribution in [0.15, 0.2) is 18.2 Å². The van der Waals surface area contributed by atoms with Gasteiger partial charge in [0.05, 0.1) is 20.8 Å². The highest BCUT2D eigenvalue weighted by atomic mass is 16.5. The predicted molar refractivity (Wildman–Crippen MR) is 114 cm³/mol. The normalized spacial score (nSPS) is 19.4. The molecule has 1 aromatic carbocycles. The molecular weight excluding hydrogens is 386 g/mol. The number of β-amino-alcohol motifs (C(OH)–C–C–N with tert-alkyl or cyclic N) is 1. The average Bonchev–Trinajstić information content (AvgIpc) is 3.26. The van der Waals surface area contributed by atoms with Crippen molar-refractivity contribution in [3.8, 4) is 17.2 Å². The molecule has 1 aliphatic carbocycles. The van der Waals surface area contributed by atoms with Crippen molar-refractivity contribution in [2.75, 3.05) is 60.1 Å². The van der Waals surface area contributed by atoms with Gasteiger partial charge in [-0.15, -0.1) is 0 Å². The number of ether oxygens (including phenoxy) is 3. The summed E-state index contributed by atoms with van der Waals surface area (Å²) in [5, 5.41) is 13.6. The molecule has 8 nitrogen and oxygen atoms in total. The van der Waals surface area contributed by atoms with Crippen LogP contribution >= 0.6 is 0 Å². The quantitative estimate of drug-likeness (QED) is 0.586. The summed E-state index contributed by atoms with van der Waals surface area (Å²) in [7, 11) is 3.18. The Kier molecular flexibility index (Phi) is 8.60. The van der Waals surface area contributed by atoms with Gasteiger partial charge in [-0.1, -0.05) is 12.8 Å². The number of nitrogens with one attached hydrogen (secondary N) is 1. The molecule has 1 unspecified atom stereocenters. The first-order valence-electron chi connectivity index (χ1n) is 10.8. The van der Waals surface area contributed by atoms with Crippen LogP contribution in [0.1, 0.15) is 25.7 Å². The number of rotatable bonds is 10. The van der Waals surface area contributed by atoms with E-state index in [0.29, 0.717) is 36.4 Å². The Bertz CT molecular complexity index is 673. The topological polar surface area (TPSA) is 83.5 Å². The molecule has 1 aliphatic heterocycles. The number of benzene rings is 1. The van der Waals surface area contributed by atoms with Gasteiger partial charge >= 0.3 is 0 Å². The van der Waals surface area contributed by atoms with Crippen molar-refractivity contribution in [1.29, 1.82) is 0 Å². The van der Waals surface area contributed by atoms with E-state index in [2.05, 4.69) is 15.1 Å². The number of carbonyl (C=O) groups is 1. The molecule has 0 radical (unpaired) electrons. The predicted octanol–water partition coefficient (Wildman–Crippen LogP) is 1.12. The van der Waals surface area contributed by atoms with Crippen molar-refractivity contribution < 1.29 is 24.1 Å². The molecule has 1 saturated heterocycles. The number of hydrogen-bond donors (Lipinski definition) is 2. The van der Waals surface area contributed by atoms with Crippen LogP contribution in [0.3, 0.4) is 0 Å². The molecule has 1 amide bonds. The number of aliphatic hydroxyl groups is 1. The second kappa shape index (κ2) is 11.4. The lowest BCUT2D eigenvalue weighted by molar-refractivity contribution is -0.123. The Labute approximate surface area is 179 Å². The van der Waals surface area contributed by atoms with E-state index < -0.39 is 6.10 Å². The highest BCUT2D eigenvalue weighted by molar-refractivity contribution is 5.78. The fraction of sp³-hybridized carbons (Fsp3) is 0.682. The molecule has 2 fully saturated rings. The average molecular weight is 422 g/mol. The van der Waals surface area contributed by atoms with Crippen LogP contribution in [-0.2, 0) is 4.79 Å². The number of methoxy groups -OCH3 is 2. The first-order valence-corrected chi connectivity index (χ1v) is 10.8. The smallest absolute Gasteiger partial charge is 0.234 e. The minimum absolute atomic E-state index is 0.135. The van der Waals surface area contributed by atoms with E-state index in [4.69, 9.17) is 14.2 Å². The van der Waals surface area contributed by atoms with Crippen LogP contribution in [0.2, 0.25) is 0 Å². The third-order valence-corrected chi connectivity index (χ3v) is 5.82. The maximum absolute atomic E-state index is 12.2. The second-order valence-electron chi connectivity index (χ2n) is 8.11. The summed E-state index contributed by atoms with van der Waals surface area (Å²) in [4.78, 5) is 16.6. The molecule has 2 aliphatic rings. The van der Waals surface area contributed by atoms with Gasteiger partial charge in [0.15, 0.2) is 11.5 Å². The minimum atomic E-state index is -0.613. The monoisotopic (exact) mass is 421 g/mol. The molecule has 168 valence electrons. The molecule has 1 heterocycles. The zero-order valence-electron chi connectivity index (χ0n) is 18.1. The molecule has 0 aromatic heterocycles. The maximum Gasteiger partial charge on any atom is 0.234 e. The first-order chi connectivity index (χ1) is 14.6. The highest BCUT2D eigenvalue weighted by Gasteiger charge is 2.23. The Morgan fingerprint density at radius 2 is 1.80 bits per heavy atom. The van der Waals surface area contributed by atoms with E-state index in [1.807, 2.05) is 0 Å². The number of hydrogen-bond acceptors (Lipinski definition) is 7. The third kappa shape index (κ3) is 6.75. The molecule has 0 spiro atoms. The lowest BCUT2D eigenvalue weighted by atomic mass is 10.2. The molecule has 2 N–H and O–H groups in total. The van der Waals surface area contributed by atoms with Crippen LogP contribution in [-0.4, -0.2) is 93.1 Å². The maximum atomic E-state index is 12.2. The summed E-state index contributed by atoms with van der Waals surface area (Å²) >= 11 is 0. The molecular formula is C22H35N3O5. The summed E-state index contributed by atoms with van der Waals surface area (Å²) in [6.07, 6.45) is 4.06. The number of amides is 1. The van der Waals surface area contributed by atoms with Crippen molar-refractivity contribution in [3.63, 3.8) is 0 Å². The van der Waals surface area contributed by atoms with Gasteiger partial charge in [-0.3, -0.25) is 14.6 Å². The lowest BCUT2D eigenvalue weighted by Gasteiger charge is -2.35. The zero-order chi connectivity index (χ0) is 21.3. The fourth-order valence-electron chi connectivity index (χ4n) is 4.11.